The van der Waals surface area contributed by atoms with Crippen LogP contribution in [0.1, 0.15) is 35.8 Å². The molecule has 0 fully saturated rings. The third kappa shape index (κ3) is 3.87. The van der Waals surface area contributed by atoms with Crippen LogP contribution in [0.25, 0.3) is 0 Å². The van der Waals surface area contributed by atoms with E-state index in [9.17, 15) is 4.79 Å². The summed E-state index contributed by atoms with van der Waals surface area (Å²) in [6, 6.07) is 0. The summed E-state index contributed by atoms with van der Waals surface area (Å²) in [5.74, 6) is 0.440. The summed E-state index contributed by atoms with van der Waals surface area (Å²) in [6.45, 7) is 11.0. The maximum absolute atomic E-state index is 12.1. The summed E-state index contributed by atoms with van der Waals surface area (Å²) in [6.07, 6.45) is 0.314. The van der Waals surface area contributed by atoms with Gasteiger partial charge in [-0.25, -0.2) is 0 Å². The molecule has 0 aliphatic carbocycles. The Hall–Kier alpha value is -1.76. The lowest BCUT2D eigenvalue weighted by atomic mass is 10.1. The first-order valence-electron chi connectivity index (χ1n) is 6.99. The number of nitrogens with one attached hydrogen (secondary N) is 1. The van der Waals surface area contributed by atoms with E-state index in [2.05, 4.69) is 34.5 Å². The molecule has 2 aromatic rings. The van der Waals surface area contributed by atoms with E-state index < -0.39 is 0 Å². The summed E-state index contributed by atoms with van der Waals surface area (Å²) in [5, 5.41) is 16.5. The predicted molar refractivity (Wildman–Crippen MR) is 83.5 cm³/mol. The SMILES string of the molecule is Cc1nnc(NC(=O)Cc2c(C)nn(CC(C)C)c2C)s1. The molecule has 0 atom stereocenters. The number of nitrogens with zero attached hydrogens (tertiary/aromatic N) is 4. The molecule has 0 saturated carbocycles. The van der Waals surface area contributed by atoms with Crippen LogP contribution in [0.5, 0.6) is 0 Å². The standard InChI is InChI=1S/C14H21N5OS/c1-8(2)7-19-10(4)12(9(3)18-19)6-13(20)15-14-17-16-11(5)21-14/h8H,6-7H2,1-5H3,(H,15,17,20). The van der Waals surface area contributed by atoms with Gasteiger partial charge in [-0.15, -0.1) is 10.2 Å². The number of aryl methyl sites for hydroxylation is 2. The molecule has 0 aliphatic rings. The van der Waals surface area contributed by atoms with Crippen molar-refractivity contribution < 1.29 is 4.79 Å². The van der Waals surface area contributed by atoms with Gasteiger partial charge in [-0.2, -0.15) is 5.10 Å². The monoisotopic (exact) mass is 307 g/mol. The van der Waals surface area contributed by atoms with Crippen molar-refractivity contribution in [2.24, 2.45) is 5.92 Å². The van der Waals surface area contributed by atoms with Gasteiger partial charge in [0.15, 0.2) is 0 Å². The molecule has 7 heteroatoms. The minimum Gasteiger partial charge on any atom is -0.300 e. The molecule has 0 radical (unpaired) electrons. The number of carbonyl (C=O) groups is 1. The summed E-state index contributed by atoms with van der Waals surface area (Å²) in [5.41, 5.74) is 2.97. The van der Waals surface area contributed by atoms with Crippen molar-refractivity contribution >= 4 is 22.4 Å². The lowest BCUT2D eigenvalue weighted by Crippen LogP contribution is -2.15. The predicted octanol–water partition coefficient (Wildman–Crippen LogP) is 2.50. The number of aromatic nitrogens is 4. The molecule has 2 heterocycles. The molecule has 6 nitrogen and oxygen atoms in total. The van der Waals surface area contributed by atoms with Crippen LogP contribution < -0.4 is 5.32 Å². The second-order valence-corrected chi connectivity index (χ2v) is 6.76. The summed E-state index contributed by atoms with van der Waals surface area (Å²) >= 11 is 1.37. The van der Waals surface area contributed by atoms with E-state index in [0.717, 1.165) is 28.5 Å². The van der Waals surface area contributed by atoms with E-state index in [1.165, 1.54) is 11.3 Å². The Morgan fingerprint density at radius 3 is 2.57 bits per heavy atom. The molecule has 21 heavy (non-hydrogen) atoms. The molecule has 0 saturated heterocycles. The molecule has 0 aliphatic heterocycles. The minimum absolute atomic E-state index is 0.0820. The Balaban J connectivity index is 2.08. The van der Waals surface area contributed by atoms with Crippen LogP contribution in [-0.4, -0.2) is 25.9 Å². The molecule has 2 aromatic heterocycles. The molecule has 2 rings (SSSR count). The van der Waals surface area contributed by atoms with Crippen molar-refractivity contribution in [3.8, 4) is 0 Å². The number of carbonyl (C=O) groups excluding carboxylic acids is 1. The van der Waals surface area contributed by atoms with Gasteiger partial charge in [-0.1, -0.05) is 25.2 Å². The Morgan fingerprint density at radius 1 is 1.29 bits per heavy atom. The third-order valence-electron chi connectivity index (χ3n) is 3.18. The molecular weight excluding hydrogens is 286 g/mol. The van der Waals surface area contributed by atoms with Crippen LogP contribution >= 0.6 is 11.3 Å². The fraction of sp³-hybridized carbons (Fsp3) is 0.571. The highest BCUT2D eigenvalue weighted by Crippen LogP contribution is 2.17. The maximum Gasteiger partial charge on any atom is 0.230 e. The lowest BCUT2D eigenvalue weighted by molar-refractivity contribution is -0.115. The van der Waals surface area contributed by atoms with E-state index in [4.69, 9.17) is 0 Å². The van der Waals surface area contributed by atoms with Gasteiger partial charge in [-0.05, 0) is 26.7 Å². The Labute approximate surface area is 128 Å². The molecule has 0 unspecified atom stereocenters. The van der Waals surface area contributed by atoms with Crippen molar-refractivity contribution in [1.29, 1.82) is 0 Å². The van der Waals surface area contributed by atoms with Crippen molar-refractivity contribution in [1.82, 2.24) is 20.0 Å². The van der Waals surface area contributed by atoms with E-state index in [1.54, 1.807) is 0 Å². The van der Waals surface area contributed by atoms with Gasteiger partial charge in [0.05, 0.1) is 12.1 Å². The molecule has 0 aromatic carbocycles. The number of hydrogen-bond donors (Lipinski definition) is 1. The van der Waals surface area contributed by atoms with E-state index in [1.807, 2.05) is 25.5 Å². The molecule has 0 bridgehead atoms. The summed E-state index contributed by atoms with van der Waals surface area (Å²) in [4.78, 5) is 12.1. The van der Waals surface area contributed by atoms with Crippen LogP contribution in [-0.2, 0) is 17.8 Å². The molecule has 0 spiro atoms. The average molecular weight is 307 g/mol. The van der Waals surface area contributed by atoms with Gasteiger partial charge in [-0.3, -0.25) is 9.48 Å². The minimum atomic E-state index is -0.0820. The fourth-order valence-electron chi connectivity index (χ4n) is 2.18. The van der Waals surface area contributed by atoms with Crippen LogP contribution in [0, 0.1) is 26.7 Å². The van der Waals surface area contributed by atoms with Crippen LogP contribution in [0.15, 0.2) is 0 Å². The quantitative estimate of drug-likeness (QED) is 0.921. The van der Waals surface area contributed by atoms with Crippen molar-refractivity contribution in [2.75, 3.05) is 5.32 Å². The zero-order valence-corrected chi connectivity index (χ0v) is 13.9. The first-order valence-corrected chi connectivity index (χ1v) is 7.81. The topological polar surface area (TPSA) is 72.7 Å². The number of hydrogen-bond acceptors (Lipinski definition) is 5. The van der Waals surface area contributed by atoms with E-state index in [0.29, 0.717) is 17.5 Å². The largest absolute Gasteiger partial charge is 0.300 e. The highest BCUT2D eigenvalue weighted by atomic mass is 32.1. The third-order valence-corrected chi connectivity index (χ3v) is 3.93. The summed E-state index contributed by atoms with van der Waals surface area (Å²) < 4.78 is 1.98. The van der Waals surface area contributed by atoms with Gasteiger partial charge in [0.2, 0.25) is 11.0 Å². The second-order valence-electron chi connectivity index (χ2n) is 5.58. The van der Waals surface area contributed by atoms with Crippen molar-refractivity contribution in [3.05, 3.63) is 22.0 Å². The zero-order valence-electron chi connectivity index (χ0n) is 13.1. The molecule has 114 valence electrons. The average Bonchev–Trinajstić information content (AvgIpc) is 2.88. The van der Waals surface area contributed by atoms with Crippen molar-refractivity contribution in [3.63, 3.8) is 0 Å². The van der Waals surface area contributed by atoms with Crippen molar-refractivity contribution in [2.45, 2.75) is 47.6 Å². The Morgan fingerprint density at radius 2 is 2.00 bits per heavy atom. The van der Waals surface area contributed by atoms with Gasteiger partial charge in [0.1, 0.15) is 5.01 Å². The first kappa shape index (κ1) is 15.6. The summed E-state index contributed by atoms with van der Waals surface area (Å²) in [7, 11) is 0. The Bertz CT molecular complexity index is 644. The molecule has 1 N–H and O–H groups in total. The Kier molecular flexibility index (Phi) is 4.72. The van der Waals surface area contributed by atoms with Gasteiger partial charge in [0.25, 0.3) is 0 Å². The smallest absolute Gasteiger partial charge is 0.230 e. The second kappa shape index (κ2) is 6.34. The fourth-order valence-corrected chi connectivity index (χ4v) is 2.79. The van der Waals surface area contributed by atoms with E-state index in [-0.39, 0.29) is 5.91 Å². The normalized spacial score (nSPS) is 11.1. The molecule has 1 amide bonds. The maximum atomic E-state index is 12.1. The highest BCUT2D eigenvalue weighted by molar-refractivity contribution is 7.15. The lowest BCUT2D eigenvalue weighted by Gasteiger charge is -2.07. The van der Waals surface area contributed by atoms with Gasteiger partial charge < -0.3 is 5.32 Å². The van der Waals surface area contributed by atoms with Gasteiger partial charge >= 0.3 is 0 Å². The molecular formula is C14H21N5OS. The van der Waals surface area contributed by atoms with E-state index >= 15 is 0 Å². The van der Waals surface area contributed by atoms with Crippen LogP contribution in [0.3, 0.4) is 0 Å². The zero-order chi connectivity index (χ0) is 15.6. The number of rotatable bonds is 5. The highest BCUT2D eigenvalue weighted by Gasteiger charge is 2.16. The van der Waals surface area contributed by atoms with Crippen LogP contribution in [0.2, 0.25) is 0 Å². The first-order chi connectivity index (χ1) is 9.86. The number of anilines is 1. The number of amides is 1. The van der Waals surface area contributed by atoms with Gasteiger partial charge in [0, 0.05) is 17.8 Å². The van der Waals surface area contributed by atoms with Crippen LogP contribution in [0.4, 0.5) is 5.13 Å².